The van der Waals surface area contributed by atoms with Crippen molar-refractivity contribution in [2.75, 3.05) is 0 Å². The normalized spacial score (nSPS) is 13.4. The molecule has 0 saturated carbocycles. The fraction of sp³-hybridized carbons (Fsp3) is 1.00. The van der Waals surface area contributed by atoms with Crippen LogP contribution in [0.4, 0.5) is 0 Å². The van der Waals surface area contributed by atoms with Gasteiger partial charge in [0.15, 0.2) is 0 Å². The van der Waals surface area contributed by atoms with Crippen LogP contribution in [0.2, 0.25) is 0 Å². The summed E-state index contributed by atoms with van der Waals surface area (Å²) in [7, 11) is 0. The molecule has 81 valence electrons. The third-order valence-corrected chi connectivity index (χ3v) is 5.51. The Bertz CT molecular complexity index is 175. The van der Waals surface area contributed by atoms with Crippen molar-refractivity contribution in [2.24, 2.45) is 0 Å². The Hall–Kier alpha value is 1.92. The molecule has 0 heterocycles. The van der Waals surface area contributed by atoms with Gasteiger partial charge in [-0.05, 0) is 24.6 Å². The van der Waals surface area contributed by atoms with Crippen LogP contribution in [0.5, 0.6) is 0 Å². The minimum absolute atomic E-state index is 0. The van der Waals surface area contributed by atoms with Crippen molar-refractivity contribution in [2.45, 2.75) is 51.2 Å². The van der Waals surface area contributed by atoms with Crippen molar-refractivity contribution >= 4 is 58.4 Å². The topological polar surface area (TPSA) is 40.5 Å². The van der Waals surface area contributed by atoms with E-state index in [0.29, 0.717) is 5.25 Å². The van der Waals surface area contributed by atoms with E-state index in [2.05, 4.69) is 25.7 Å². The van der Waals surface area contributed by atoms with Gasteiger partial charge in [-0.25, -0.2) is 0 Å². The standard InChI is InChI=1S/C8H19O2PS2.Na/c1-3-5-6-7-8(4-2)13-11(9,10)12;/h8H,3-7H2,1-2H3,(H2,9,10,12);. The van der Waals surface area contributed by atoms with Crippen LogP contribution in [0.3, 0.4) is 0 Å². The summed E-state index contributed by atoms with van der Waals surface area (Å²) in [5, 5.41) is 0.326. The molecule has 2 N–H and O–H groups in total. The first kappa shape index (κ1) is 18.3. The predicted octanol–water partition coefficient (Wildman–Crippen LogP) is 2.91. The van der Waals surface area contributed by atoms with Gasteiger partial charge in [0.25, 0.3) is 0 Å². The summed E-state index contributed by atoms with van der Waals surface area (Å²) in [5.41, 5.74) is -3.04. The van der Waals surface area contributed by atoms with E-state index in [0.717, 1.165) is 19.3 Å². The minimum atomic E-state index is -3.04. The van der Waals surface area contributed by atoms with Crippen LogP contribution in [0, 0.1) is 0 Å². The molecule has 0 aliphatic rings. The second-order valence-corrected chi connectivity index (χ2v) is 9.36. The summed E-state index contributed by atoms with van der Waals surface area (Å²) >= 11 is 5.78. The molecule has 0 saturated heterocycles. The maximum atomic E-state index is 9.12. The Kier molecular flexibility index (Phi) is 13.2. The van der Waals surface area contributed by atoms with Gasteiger partial charge in [0.1, 0.15) is 0 Å². The van der Waals surface area contributed by atoms with Crippen LogP contribution in [0.1, 0.15) is 46.0 Å². The Labute approximate surface area is 118 Å². The molecule has 0 aliphatic heterocycles. The average molecular weight is 265 g/mol. The molecule has 0 bridgehead atoms. The Morgan fingerprint density at radius 2 is 1.86 bits per heavy atom. The Morgan fingerprint density at radius 3 is 2.21 bits per heavy atom. The van der Waals surface area contributed by atoms with Crippen molar-refractivity contribution in [3.63, 3.8) is 0 Å². The van der Waals surface area contributed by atoms with Crippen LogP contribution < -0.4 is 0 Å². The van der Waals surface area contributed by atoms with Crippen LogP contribution in [-0.4, -0.2) is 44.6 Å². The van der Waals surface area contributed by atoms with Gasteiger partial charge in [0.2, 0.25) is 5.69 Å². The zero-order chi connectivity index (χ0) is 10.3. The summed E-state index contributed by atoms with van der Waals surface area (Å²) in [4.78, 5) is 18.2. The maximum absolute atomic E-state index is 9.12. The Morgan fingerprint density at radius 1 is 1.29 bits per heavy atom. The van der Waals surface area contributed by atoms with Crippen LogP contribution in [0.25, 0.3) is 0 Å². The summed E-state index contributed by atoms with van der Waals surface area (Å²) in [5.74, 6) is 0. The van der Waals surface area contributed by atoms with Crippen molar-refractivity contribution in [3.8, 4) is 0 Å². The number of rotatable bonds is 7. The van der Waals surface area contributed by atoms with E-state index in [9.17, 15) is 0 Å². The summed E-state index contributed by atoms with van der Waals surface area (Å²) < 4.78 is 0. The van der Waals surface area contributed by atoms with Gasteiger partial charge in [0, 0.05) is 34.8 Å². The molecule has 0 aromatic heterocycles. The van der Waals surface area contributed by atoms with Gasteiger partial charge in [-0.3, -0.25) is 0 Å². The fourth-order valence-corrected chi connectivity index (χ4v) is 4.98. The average Bonchev–Trinajstić information content (AvgIpc) is 2.01. The molecule has 14 heavy (non-hydrogen) atoms. The van der Waals surface area contributed by atoms with Crippen molar-refractivity contribution in [3.05, 3.63) is 0 Å². The van der Waals surface area contributed by atoms with Crippen molar-refractivity contribution in [1.29, 1.82) is 0 Å². The molecule has 2 nitrogen and oxygen atoms in total. The van der Waals surface area contributed by atoms with E-state index in [4.69, 9.17) is 9.79 Å². The number of hydrogen-bond donors (Lipinski definition) is 2. The van der Waals surface area contributed by atoms with Gasteiger partial charge in [-0.2, -0.15) is 0 Å². The van der Waals surface area contributed by atoms with Gasteiger partial charge in [0.05, 0.1) is 0 Å². The van der Waals surface area contributed by atoms with Crippen molar-refractivity contribution in [1.82, 2.24) is 0 Å². The first-order chi connectivity index (χ1) is 5.99. The van der Waals surface area contributed by atoms with Gasteiger partial charge >= 0.3 is 0 Å². The van der Waals surface area contributed by atoms with E-state index in [1.807, 2.05) is 0 Å². The van der Waals surface area contributed by atoms with Gasteiger partial charge < -0.3 is 9.79 Å². The van der Waals surface area contributed by atoms with Crippen LogP contribution in [0.15, 0.2) is 0 Å². The smallest absolute Gasteiger partial charge is 0.242 e. The van der Waals surface area contributed by atoms with E-state index < -0.39 is 5.69 Å². The van der Waals surface area contributed by atoms with E-state index in [1.54, 1.807) is 0 Å². The molecule has 0 aromatic rings. The molecule has 0 spiro atoms. The monoisotopic (exact) mass is 265 g/mol. The van der Waals surface area contributed by atoms with Crippen LogP contribution >= 0.6 is 17.1 Å². The van der Waals surface area contributed by atoms with E-state index in [1.165, 1.54) is 24.2 Å². The molecule has 0 fully saturated rings. The maximum Gasteiger partial charge on any atom is 0.242 e. The Balaban J connectivity index is 0. The first-order valence-electron chi connectivity index (χ1n) is 4.73. The molecule has 0 rings (SSSR count). The van der Waals surface area contributed by atoms with Crippen LogP contribution in [-0.2, 0) is 11.8 Å². The molecular weight excluding hydrogens is 246 g/mol. The molecule has 6 heteroatoms. The largest absolute Gasteiger partial charge is 0.338 e. The molecule has 1 radical (unpaired) electrons. The molecular formula is C8H19NaO2PS2. The molecule has 1 unspecified atom stereocenters. The second kappa shape index (κ2) is 10.1. The molecule has 0 aromatic carbocycles. The van der Waals surface area contributed by atoms with Gasteiger partial charge in [-0.15, -0.1) is 0 Å². The summed E-state index contributed by atoms with van der Waals surface area (Å²) in [6.07, 6.45) is 5.60. The third-order valence-electron chi connectivity index (χ3n) is 1.87. The zero-order valence-electron chi connectivity index (χ0n) is 9.27. The molecule has 1 atom stereocenters. The first-order valence-corrected chi connectivity index (χ1v) is 8.92. The molecule has 0 amide bonds. The zero-order valence-corrected chi connectivity index (χ0v) is 13.8. The summed E-state index contributed by atoms with van der Waals surface area (Å²) in [6.45, 7) is 4.23. The third kappa shape index (κ3) is 12.0. The van der Waals surface area contributed by atoms with E-state index >= 15 is 0 Å². The second-order valence-electron chi connectivity index (χ2n) is 3.12. The van der Waals surface area contributed by atoms with Crippen molar-refractivity contribution < 1.29 is 9.79 Å². The van der Waals surface area contributed by atoms with Gasteiger partial charge in [-0.1, -0.05) is 44.5 Å². The quantitative estimate of drug-likeness (QED) is 0.422. The number of unbranched alkanes of at least 4 members (excludes halogenated alkanes) is 2. The molecule has 0 aliphatic carbocycles. The SMILES string of the molecule is CCCCCC(CC)SP(O)(O)=S.[Na]. The fourth-order valence-electron chi connectivity index (χ4n) is 1.15. The minimum Gasteiger partial charge on any atom is -0.338 e. The number of hydrogen-bond acceptors (Lipinski definition) is 2. The predicted molar refractivity (Wildman–Crippen MR) is 70.3 cm³/mol. The summed E-state index contributed by atoms with van der Waals surface area (Å²) in [6, 6.07) is 0. The van der Waals surface area contributed by atoms with E-state index in [-0.39, 0.29) is 29.6 Å².